The number of amides is 2. The molecule has 1 unspecified atom stereocenters. The van der Waals surface area contributed by atoms with Crippen LogP contribution in [0.5, 0.6) is 0 Å². The maximum absolute atomic E-state index is 12.1. The van der Waals surface area contributed by atoms with Gasteiger partial charge in [-0.15, -0.1) is 10.2 Å². The lowest BCUT2D eigenvalue weighted by atomic mass is 9.99. The van der Waals surface area contributed by atoms with Crippen molar-refractivity contribution in [2.24, 2.45) is 5.92 Å². The fraction of sp³-hybridized carbons (Fsp3) is 0.750. The number of carbonyl (C=O) groups is 1. The van der Waals surface area contributed by atoms with Gasteiger partial charge in [0, 0.05) is 26.1 Å². The molecule has 106 valence electrons. The molecule has 1 aromatic heterocycles. The van der Waals surface area contributed by atoms with Gasteiger partial charge in [0.25, 0.3) is 0 Å². The highest BCUT2D eigenvalue weighted by atomic mass is 32.1. The first-order chi connectivity index (χ1) is 9.22. The molecular weight excluding hydrogens is 264 g/mol. The van der Waals surface area contributed by atoms with Gasteiger partial charge in [-0.25, -0.2) is 4.79 Å². The van der Waals surface area contributed by atoms with Gasteiger partial charge in [-0.05, 0) is 25.2 Å². The summed E-state index contributed by atoms with van der Waals surface area (Å²) in [5, 5.41) is 21.5. The van der Waals surface area contributed by atoms with Gasteiger partial charge in [-0.1, -0.05) is 18.3 Å². The standard InChI is InChI=1S/C12H20N4O2S/c1-2-4-10-14-15-11(19-10)13-12(18)16-6-3-5-9(7-16)8-17/h9,17H,2-8H2,1H3,(H,13,15,18). The van der Waals surface area contributed by atoms with Crippen LogP contribution in [-0.4, -0.2) is 45.9 Å². The summed E-state index contributed by atoms with van der Waals surface area (Å²) in [6.07, 6.45) is 3.84. The third-order valence-electron chi connectivity index (χ3n) is 3.21. The van der Waals surface area contributed by atoms with Crippen LogP contribution in [0.3, 0.4) is 0 Å². The molecular formula is C12H20N4O2S. The third kappa shape index (κ3) is 3.87. The van der Waals surface area contributed by atoms with Gasteiger partial charge < -0.3 is 10.0 Å². The summed E-state index contributed by atoms with van der Waals surface area (Å²) in [6, 6.07) is -0.141. The number of nitrogens with one attached hydrogen (secondary N) is 1. The number of aliphatic hydroxyl groups is 1. The van der Waals surface area contributed by atoms with Crippen molar-refractivity contribution in [2.45, 2.75) is 32.6 Å². The molecule has 2 amide bonds. The molecule has 0 radical (unpaired) electrons. The van der Waals surface area contributed by atoms with E-state index in [0.29, 0.717) is 11.7 Å². The van der Waals surface area contributed by atoms with Crippen LogP contribution in [0.2, 0.25) is 0 Å². The minimum Gasteiger partial charge on any atom is -0.396 e. The van der Waals surface area contributed by atoms with Crippen LogP contribution >= 0.6 is 11.3 Å². The molecule has 0 aliphatic carbocycles. The molecule has 2 rings (SSSR count). The van der Waals surface area contributed by atoms with E-state index < -0.39 is 0 Å². The molecule has 1 aromatic rings. The summed E-state index contributed by atoms with van der Waals surface area (Å²) in [7, 11) is 0. The lowest BCUT2D eigenvalue weighted by Crippen LogP contribution is -2.43. The maximum Gasteiger partial charge on any atom is 0.323 e. The third-order valence-corrected chi connectivity index (χ3v) is 4.11. The van der Waals surface area contributed by atoms with Gasteiger partial charge in [0.15, 0.2) is 0 Å². The predicted molar refractivity (Wildman–Crippen MR) is 74.3 cm³/mol. The Kier molecular flexibility index (Phi) is 5.09. The molecule has 2 heterocycles. The van der Waals surface area contributed by atoms with Gasteiger partial charge in [0.1, 0.15) is 5.01 Å². The van der Waals surface area contributed by atoms with Crippen molar-refractivity contribution in [3.05, 3.63) is 5.01 Å². The van der Waals surface area contributed by atoms with Crippen molar-refractivity contribution in [2.75, 3.05) is 25.0 Å². The van der Waals surface area contributed by atoms with Crippen LogP contribution in [0.4, 0.5) is 9.93 Å². The topological polar surface area (TPSA) is 78.4 Å². The number of hydrogen-bond donors (Lipinski definition) is 2. The van der Waals surface area contributed by atoms with Crippen LogP contribution in [0.15, 0.2) is 0 Å². The number of piperidine rings is 1. The monoisotopic (exact) mass is 284 g/mol. The number of aryl methyl sites for hydroxylation is 1. The molecule has 2 N–H and O–H groups in total. The summed E-state index contributed by atoms with van der Waals surface area (Å²) >= 11 is 1.43. The van der Waals surface area contributed by atoms with Gasteiger partial charge in [-0.2, -0.15) is 0 Å². The van der Waals surface area contributed by atoms with E-state index in [1.807, 2.05) is 0 Å². The Morgan fingerprint density at radius 2 is 2.42 bits per heavy atom. The van der Waals surface area contributed by atoms with Crippen molar-refractivity contribution in [1.82, 2.24) is 15.1 Å². The highest BCUT2D eigenvalue weighted by Gasteiger charge is 2.23. The molecule has 6 nitrogen and oxygen atoms in total. The molecule has 1 aliphatic rings. The first-order valence-electron chi connectivity index (χ1n) is 6.72. The largest absolute Gasteiger partial charge is 0.396 e. The number of likely N-dealkylation sites (tertiary alicyclic amines) is 1. The predicted octanol–water partition coefficient (Wildman–Crippen LogP) is 1.73. The van der Waals surface area contributed by atoms with Crippen molar-refractivity contribution < 1.29 is 9.90 Å². The Hall–Kier alpha value is -1.21. The first kappa shape index (κ1) is 14.2. The van der Waals surface area contributed by atoms with Crippen molar-refractivity contribution >= 4 is 22.5 Å². The molecule has 0 bridgehead atoms. The van der Waals surface area contributed by atoms with E-state index in [-0.39, 0.29) is 18.6 Å². The van der Waals surface area contributed by atoms with E-state index in [4.69, 9.17) is 5.11 Å². The number of rotatable bonds is 4. The quantitative estimate of drug-likeness (QED) is 0.882. The molecule has 1 aliphatic heterocycles. The molecule has 0 saturated carbocycles. The fourth-order valence-electron chi connectivity index (χ4n) is 2.19. The van der Waals surface area contributed by atoms with Crippen molar-refractivity contribution in [3.8, 4) is 0 Å². The number of hydrogen-bond acceptors (Lipinski definition) is 5. The van der Waals surface area contributed by atoms with Crippen molar-refractivity contribution in [3.63, 3.8) is 0 Å². The number of aliphatic hydroxyl groups excluding tert-OH is 1. The van der Waals surface area contributed by atoms with E-state index in [1.165, 1.54) is 11.3 Å². The summed E-state index contributed by atoms with van der Waals surface area (Å²) in [6.45, 7) is 3.58. The molecule has 1 saturated heterocycles. The zero-order valence-electron chi connectivity index (χ0n) is 11.1. The molecule has 0 spiro atoms. The van der Waals surface area contributed by atoms with E-state index >= 15 is 0 Å². The molecule has 1 fully saturated rings. The zero-order valence-corrected chi connectivity index (χ0v) is 11.9. The maximum atomic E-state index is 12.1. The van der Waals surface area contributed by atoms with Gasteiger partial charge >= 0.3 is 6.03 Å². The molecule has 19 heavy (non-hydrogen) atoms. The Morgan fingerprint density at radius 3 is 3.16 bits per heavy atom. The van der Waals surface area contributed by atoms with Gasteiger partial charge in [-0.3, -0.25) is 5.32 Å². The highest BCUT2D eigenvalue weighted by Crippen LogP contribution is 2.19. The van der Waals surface area contributed by atoms with E-state index in [2.05, 4.69) is 22.4 Å². The summed E-state index contributed by atoms with van der Waals surface area (Å²) < 4.78 is 0. The SMILES string of the molecule is CCCc1nnc(NC(=O)N2CCCC(CO)C2)s1. The van der Waals surface area contributed by atoms with Crippen LogP contribution < -0.4 is 5.32 Å². The second kappa shape index (κ2) is 6.81. The lowest BCUT2D eigenvalue weighted by Gasteiger charge is -2.31. The summed E-state index contributed by atoms with van der Waals surface area (Å²) in [5.41, 5.74) is 0. The Bertz CT molecular complexity index is 424. The fourth-order valence-corrected chi connectivity index (χ4v) is 3.02. The number of nitrogens with zero attached hydrogens (tertiary/aromatic N) is 3. The van der Waals surface area contributed by atoms with E-state index in [9.17, 15) is 4.79 Å². The van der Waals surface area contributed by atoms with E-state index in [0.717, 1.165) is 37.2 Å². The minimum absolute atomic E-state index is 0.141. The Morgan fingerprint density at radius 1 is 1.58 bits per heavy atom. The smallest absolute Gasteiger partial charge is 0.323 e. The Labute approximate surface area is 116 Å². The van der Waals surface area contributed by atoms with Gasteiger partial charge in [0.2, 0.25) is 5.13 Å². The normalized spacial score (nSPS) is 19.5. The number of carbonyl (C=O) groups excluding carboxylic acids is 1. The average molecular weight is 284 g/mol. The van der Waals surface area contributed by atoms with Crippen molar-refractivity contribution in [1.29, 1.82) is 0 Å². The highest BCUT2D eigenvalue weighted by molar-refractivity contribution is 7.15. The first-order valence-corrected chi connectivity index (χ1v) is 7.53. The molecule has 1 atom stereocenters. The average Bonchev–Trinajstić information content (AvgIpc) is 2.86. The van der Waals surface area contributed by atoms with Crippen LogP contribution in [-0.2, 0) is 6.42 Å². The van der Waals surface area contributed by atoms with Crippen LogP contribution in [0.1, 0.15) is 31.2 Å². The second-order valence-corrected chi connectivity index (χ2v) is 5.88. The second-order valence-electron chi connectivity index (χ2n) is 4.82. The van der Waals surface area contributed by atoms with E-state index in [1.54, 1.807) is 4.90 Å². The van der Waals surface area contributed by atoms with Gasteiger partial charge in [0.05, 0.1) is 0 Å². The number of urea groups is 1. The Balaban J connectivity index is 1.88. The summed E-state index contributed by atoms with van der Waals surface area (Å²) in [5.74, 6) is 0.199. The number of anilines is 1. The van der Waals surface area contributed by atoms with Crippen LogP contribution in [0, 0.1) is 5.92 Å². The zero-order chi connectivity index (χ0) is 13.7. The minimum atomic E-state index is -0.141. The molecule has 0 aromatic carbocycles. The summed E-state index contributed by atoms with van der Waals surface area (Å²) in [4.78, 5) is 13.8. The lowest BCUT2D eigenvalue weighted by molar-refractivity contribution is 0.136. The van der Waals surface area contributed by atoms with Crippen LogP contribution in [0.25, 0.3) is 0 Å². The molecule has 7 heteroatoms. The number of aromatic nitrogens is 2.